The van der Waals surface area contributed by atoms with Gasteiger partial charge < -0.3 is 25.4 Å². The number of hydrogen-bond acceptors (Lipinski definition) is 8. The number of nitrogens with one attached hydrogen (secondary N) is 1. The number of aromatic nitrogens is 4. The van der Waals surface area contributed by atoms with Crippen LogP contribution in [0.4, 0.5) is 5.82 Å². The lowest BCUT2D eigenvalue weighted by Gasteiger charge is -2.16. The number of nitrogens with zero attached hydrogens (tertiary/aromatic N) is 4. The summed E-state index contributed by atoms with van der Waals surface area (Å²) in [7, 11) is 0. The van der Waals surface area contributed by atoms with Crippen molar-refractivity contribution in [2.45, 2.75) is 37.0 Å². The summed E-state index contributed by atoms with van der Waals surface area (Å²) in [4.78, 5) is 12.8. The quantitative estimate of drug-likeness (QED) is 0.443. The van der Waals surface area contributed by atoms with Gasteiger partial charge >= 0.3 is 0 Å². The minimum absolute atomic E-state index is 0.397. The summed E-state index contributed by atoms with van der Waals surface area (Å²) < 4.78 is 7.09. The maximum Gasteiger partial charge on any atom is 0.167 e. The SMILES string of the molecule is OC[C@H]1O[C@@H](n2cnc3c(NCc4ccc(CCl)cc4)ncnc32)[C@H](O)[C@@H]1O. The van der Waals surface area contributed by atoms with E-state index in [0.29, 0.717) is 29.4 Å². The van der Waals surface area contributed by atoms with Gasteiger partial charge in [-0.2, -0.15) is 0 Å². The highest BCUT2D eigenvalue weighted by atomic mass is 35.5. The van der Waals surface area contributed by atoms with Crippen LogP contribution in [0.5, 0.6) is 0 Å². The summed E-state index contributed by atoms with van der Waals surface area (Å²) in [5.41, 5.74) is 3.07. The van der Waals surface area contributed by atoms with Crippen LogP contribution in [-0.2, 0) is 17.2 Å². The predicted molar refractivity (Wildman–Crippen MR) is 102 cm³/mol. The van der Waals surface area contributed by atoms with Gasteiger partial charge in [0.2, 0.25) is 0 Å². The summed E-state index contributed by atoms with van der Waals surface area (Å²) in [6, 6.07) is 7.91. The predicted octanol–water partition coefficient (Wildman–Crippen LogP) is 0.789. The monoisotopic (exact) mass is 405 g/mol. The second-order valence-corrected chi connectivity index (χ2v) is 6.85. The molecule has 0 saturated carbocycles. The van der Waals surface area contributed by atoms with Crippen LogP contribution in [0.1, 0.15) is 17.4 Å². The largest absolute Gasteiger partial charge is 0.394 e. The number of fused-ring (bicyclic) bond motifs is 1. The fourth-order valence-electron chi connectivity index (χ4n) is 3.21. The molecule has 1 aliphatic heterocycles. The first-order valence-electron chi connectivity index (χ1n) is 8.80. The van der Waals surface area contributed by atoms with Crippen molar-refractivity contribution in [1.29, 1.82) is 0 Å². The lowest BCUT2D eigenvalue weighted by Crippen LogP contribution is -2.33. The molecule has 1 fully saturated rings. The van der Waals surface area contributed by atoms with Crippen molar-refractivity contribution in [3.63, 3.8) is 0 Å². The van der Waals surface area contributed by atoms with Gasteiger partial charge in [0.1, 0.15) is 24.6 Å². The van der Waals surface area contributed by atoms with E-state index in [1.54, 1.807) is 0 Å². The third-order valence-electron chi connectivity index (χ3n) is 4.79. The molecule has 3 aromatic rings. The van der Waals surface area contributed by atoms with E-state index in [1.807, 2.05) is 24.3 Å². The molecular weight excluding hydrogens is 386 g/mol. The molecule has 28 heavy (non-hydrogen) atoms. The molecular formula is C18H20ClN5O4. The molecule has 4 N–H and O–H groups in total. The summed E-state index contributed by atoms with van der Waals surface area (Å²) in [6.07, 6.45) is -1.30. The Bertz CT molecular complexity index is 951. The summed E-state index contributed by atoms with van der Waals surface area (Å²) in [6.45, 7) is 0.140. The van der Waals surface area contributed by atoms with E-state index in [9.17, 15) is 15.3 Å². The minimum atomic E-state index is -1.21. The van der Waals surface area contributed by atoms with E-state index in [1.165, 1.54) is 17.2 Å². The number of hydrogen-bond donors (Lipinski definition) is 4. The van der Waals surface area contributed by atoms with Crippen molar-refractivity contribution in [2.75, 3.05) is 11.9 Å². The molecule has 3 heterocycles. The first-order chi connectivity index (χ1) is 13.6. The highest BCUT2D eigenvalue weighted by Crippen LogP contribution is 2.32. The van der Waals surface area contributed by atoms with Crippen molar-refractivity contribution in [1.82, 2.24) is 19.5 Å². The first kappa shape index (κ1) is 19.0. The van der Waals surface area contributed by atoms with Gasteiger partial charge in [0, 0.05) is 12.4 Å². The Balaban J connectivity index is 1.56. The van der Waals surface area contributed by atoms with E-state index >= 15 is 0 Å². The maximum atomic E-state index is 10.3. The van der Waals surface area contributed by atoms with Crippen molar-refractivity contribution in [3.8, 4) is 0 Å². The number of anilines is 1. The summed E-state index contributed by atoms with van der Waals surface area (Å²) >= 11 is 5.81. The van der Waals surface area contributed by atoms with E-state index < -0.39 is 31.1 Å². The molecule has 0 unspecified atom stereocenters. The number of halogens is 1. The molecule has 0 aliphatic carbocycles. The highest BCUT2D eigenvalue weighted by molar-refractivity contribution is 6.17. The second-order valence-electron chi connectivity index (χ2n) is 6.58. The third kappa shape index (κ3) is 3.43. The molecule has 0 radical (unpaired) electrons. The smallest absolute Gasteiger partial charge is 0.167 e. The number of alkyl halides is 1. The van der Waals surface area contributed by atoms with Gasteiger partial charge in [-0.1, -0.05) is 24.3 Å². The van der Waals surface area contributed by atoms with Gasteiger partial charge in [0.05, 0.1) is 12.9 Å². The first-order valence-corrected chi connectivity index (χ1v) is 9.33. The lowest BCUT2D eigenvalue weighted by molar-refractivity contribution is -0.0511. The Morgan fingerprint density at radius 2 is 1.82 bits per heavy atom. The van der Waals surface area contributed by atoms with E-state index in [-0.39, 0.29) is 0 Å². The Hall–Kier alpha value is -2.30. The van der Waals surface area contributed by atoms with Gasteiger partial charge in [-0.15, -0.1) is 11.6 Å². The molecule has 148 valence electrons. The molecule has 0 bridgehead atoms. The summed E-state index contributed by atoms with van der Waals surface area (Å²) in [5.74, 6) is 1.01. The number of aliphatic hydroxyl groups excluding tert-OH is 3. The molecule has 1 saturated heterocycles. The number of aliphatic hydroxyl groups is 3. The minimum Gasteiger partial charge on any atom is -0.394 e. The average molecular weight is 406 g/mol. The Labute approximate surface area is 165 Å². The zero-order chi connectivity index (χ0) is 19.7. The van der Waals surface area contributed by atoms with Crippen molar-refractivity contribution in [3.05, 3.63) is 48.0 Å². The molecule has 0 amide bonds. The molecule has 0 spiro atoms. The lowest BCUT2D eigenvalue weighted by atomic mass is 10.1. The number of ether oxygens (including phenoxy) is 1. The van der Waals surface area contributed by atoms with E-state index in [4.69, 9.17) is 16.3 Å². The van der Waals surface area contributed by atoms with E-state index in [2.05, 4.69) is 20.3 Å². The van der Waals surface area contributed by atoms with Crippen LogP contribution in [0.15, 0.2) is 36.9 Å². The van der Waals surface area contributed by atoms with Crippen LogP contribution < -0.4 is 5.32 Å². The third-order valence-corrected chi connectivity index (χ3v) is 5.10. The van der Waals surface area contributed by atoms with Crippen LogP contribution in [0.25, 0.3) is 11.2 Å². The van der Waals surface area contributed by atoms with E-state index in [0.717, 1.165) is 11.1 Å². The van der Waals surface area contributed by atoms with Gasteiger partial charge in [-0.25, -0.2) is 15.0 Å². The van der Waals surface area contributed by atoms with Crippen LogP contribution >= 0.6 is 11.6 Å². The normalized spacial score (nSPS) is 24.7. The zero-order valence-electron chi connectivity index (χ0n) is 14.8. The standard InChI is InChI=1S/C18H20ClN5O4/c19-5-10-1-3-11(4-2-10)6-20-16-13-17(22-8-21-16)24(9-23-13)18-15(27)14(26)12(7-25)28-18/h1-4,8-9,12,14-15,18,25-27H,5-7H2,(H,20,21,22)/t12-,14-,15-,18-/m1/s1. The molecule has 4 rings (SSSR count). The fourth-order valence-corrected chi connectivity index (χ4v) is 3.39. The number of benzene rings is 1. The van der Waals surface area contributed by atoms with Crippen molar-refractivity contribution < 1.29 is 20.1 Å². The van der Waals surface area contributed by atoms with Gasteiger partial charge in [-0.05, 0) is 11.1 Å². The zero-order valence-corrected chi connectivity index (χ0v) is 15.6. The molecule has 4 atom stereocenters. The number of imidazole rings is 1. The molecule has 1 aliphatic rings. The molecule has 10 heteroatoms. The fraction of sp³-hybridized carbons (Fsp3) is 0.389. The second kappa shape index (κ2) is 7.98. The van der Waals surface area contributed by atoms with Gasteiger partial charge in [0.25, 0.3) is 0 Å². The molecule has 9 nitrogen and oxygen atoms in total. The molecule has 2 aromatic heterocycles. The van der Waals surface area contributed by atoms with Gasteiger partial charge in [0.15, 0.2) is 23.2 Å². The Morgan fingerprint density at radius 3 is 2.50 bits per heavy atom. The van der Waals surface area contributed by atoms with Crippen LogP contribution in [-0.4, -0.2) is 59.8 Å². The van der Waals surface area contributed by atoms with Crippen LogP contribution in [0.2, 0.25) is 0 Å². The average Bonchev–Trinajstić information content (AvgIpc) is 3.28. The van der Waals surface area contributed by atoms with Gasteiger partial charge in [-0.3, -0.25) is 4.57 Å². The highest BCUT2D eigenvalue weighted by Gasteiger charge is 2.44. The van der Waals surface area contributed by atoms with Crippen molar-refractivity contribution >= 4 is 28.6 Å². The Kier molecular flexibility index (Phi) is 5.42. The van der Waals surface area contributed by atoms with Crippen LogP contribution in [0.3, 0.4) is 0 Å². The topological polar surface area (TPSA) is 126 Å². The van der Waals surface area contributed by atoms with Crippen molar-refractivity contribution in [2.24, 2.45) is 0 Å². The Morgan fingerprint density at radius 1 is 1.07 bits per heavy atom. The van der Waals surface area contributed by atoms with Crippen LogP contribution in [0, 0.1) is 0 Å². The maximum absolute atomic E-state index is 10.3. The summed E-state index contributed by atoms with van der Waals surface area (Å²) in [5, 5.41) is 32.7. The molecule has 1 aromatic carbocycles. The number of rotatable bonds is 6.